The van der Waals surface area contributed by atoms with Gasteiger partial charge in [0.1, 0.15) is 5.82 Å². The number of hydrogen-bond donors (Lipinski definition) is 2. The summed E-state index contributed by atoms with van der Waals surface area (Å²) in [6, 6.07) is 2.41. The zero-order chi connectivity index (χ0) is 11.5. The number of aromatic nitrogens is 2. The van der Waals surface area contributed by atoms with Gasteiger partial charge in [0.05, 0.1) is 0 Å². The molecule has 1 aliphatic rings. The molecular weight excluding hydrogens is 224 g/mol. The van der Waals surface area contributed by atoms with Crippen molar-refractivity contribution < 1.29 is 0 Å². The second kappa shape index (κ2) is 4.97. The van der Waals surface area contributed by atoms with Gasteiger partial charge >= 0.3 is 0 Å². The maximum Gasteiger partial charge on any atom is 0.224 e. The van der Waals surface area contributed by atoms with E-state index in [0.717, 1.165) is 24.4 Å². The fraction of sp³-hybridized carbons (Fsp3) is 0.636. The first-order valence-corrected chi connectivity index (χ1v) is 6.06. The monoisotopic (exact) mass is 240 g/mol. The molecule has 0 radical (unpaired) electrons. The van der Waals surface area contributed by atoms with Gasteiger partial charge in [-0.25, -0.2) is 9.97 Å². The van der Waals surface area contributed by atoms with Crippen LogP contribution in [0.15, 0.2) is 6.07 Å². The summed E-state index contributed by atoms with van der Waals surface area (Å²) in [6.45, 7) is 1.90. The molecule has 1 aromatic heterocycles. The van der Waals surface area contributed by atoms with Gasteiger partial charge < -0.3 is 11.1 Å². The molecule has 0 unspecified atom stereocenters. The van der Waals surface area contributed by atoms with E-state index in [1.807, 2.05) is 13.0 Å². The Bertz CT molecular complexity index is 349. The molecule has 2 rings (SSSR count). The normalized spacial score (nSPS) is 25.4. The second-order valence-electron chi connectivity index (χ2n) is 4.36. The van der Waals surface area contributed by atoms with Crippen LogP contribution in [0.25, 0.3) is 0 Å². The van der Waals surface area contributed by atoms with Gasteiger partial charge in [-0.05, 0) is 31.4 Å². The standard InChI is InChI=1S/C11H17ClN4/c1-7-6-10(16-11(12)14-7)15-9-5-3-2-4-8(9)13/h6,8-9H,2-5,13H2,1H3,(H,14,15,16)/t8-,9+/m0/s1. The molecule has 0 spiro atoms. The average Bonchev–Trinajstić information content (AvgIpc) is 2.20. The summed E-state index contributed by atoms with van der Waals surface area (Å²) in [7, 11) is 0. The molecule has 88 valence electrons. The first kappa shape index (κ1) is 11.6. The number of halogens is 1. The van der Waals surface area contributed by atoms with Crippen LogP contribution in [-0.4, -0.2) is 22.1 Å². The van der Waals surface area contributed by atoms with Crippen LogP contribution >= 0.6 is 11.6 Å². The van der Waals surface area contributed by atoms with Crippen molar-refractivity contribution in [3.05, 3.63) is 17.0 Å². The summed E-state index contributed by atoms with van der Waals surface area (Å²) in [5.41, 5.74) is 6.93. The zero-order valence-electron chi connectivity index (χ0n) is 9.41. The van der Waals surface area contributed by atoms with E-state index in [0.29, 0.717) is 6.04 Å². The predicted octanol–water partition coefficient (Wildman–Crippen LogP) is 2.12. The number of nitrogens with one attached hydrogen (secondary N) is 1. The number of hydrogen-bond acceptors (Lipinski definition) is 4. The third-order valence-corrected chi connectivity index (χ3v) is 3.15. The lowest BCUT2D eigenvalue weighted by molar-refractivity contribution is 0.403. The molecule has 1 fully saturated rings. The first-order chi connectivity index (χ1) is 7.65. The SMILES string of the molecule is Cc1cc(N[C@@H]2CCCC[C@@H]2N)nc(Cl)n1. The molecule has 1 aromatic rings. The van der Waals surface area contributed by atoms with Crippen molar-refractivity contribution in [3.63, 3.8) is 0 Å². The Labute approximate surface area is 101 Å². The molecule has 16 heavy (non-hydrogen) atoms. The van der Waals surface area contributed by atoms with E-state index in [1.165, 1.54) is 12.8 Å². The van der Waals surface area contributed by atoms with Crippen LogP contribution in [0, 0.1) is 6.92 Å². The topological polar surface area (TPSA) is 63.8 Å². The highest BCUT2D eigenvalue weighted by atomic mass is 35.5. The van der Waals surface area contributed by atoms with Crippen LogP contribution in [-0.2, 0) is 0 Å². The number of nitrogens with two attached hydrogens (primary N) is 1. The lowest BCUT2D eigenvalue weighted by Gasteiger charge is -2.29. The summed E-state index contributed by atoms with van der Waals surface area (Å²) in [4.78, 5) is 8.18. The van der Waals surface area contributed by atoms with E-state index in [4.69, 9.17) is 17.3 Å². The summed E-state index contributed by atoms with van der Waals surface area (Å²) >= 11 is 5.81. The largest absolute Gasteiger partial charge is 0.366 e. The minimum Gasteiger partial charge on any atom is -0.366 e. The van der Waals surface area contributed by atoms with Crippen molar-refractivity contribution in [2.24, 2.45) is 5.73 Å². The van der Waals surface area contributed by atoms with Crippen LogP contribution in [0.3, 0.4) is 0 Å². The highest BCUT2D eigenvalue weighted by molar-refractivity contribution is 6.28. The Kier molecular flexibility index (Phi) is 3.61. The molecule has 0 saturated heterocycles. The Morgan fingerprint density at radius 2 is 2.12 bits per heavy atom. The number of aryl methyl sites for hydroxylation is 1. The average molecular weight is 241 g/mol. The fourth-order valence-corrected chi connectivity index (χ4v) is 2.36. The summed E-state index contributed by atoms with van der Waals surface area (Å²) in [5.74, 6) is 0.778. The van der Waals surface area contributed by atoms with E-state index in [-0.39, 0.29) is 11.3 Å². The fourth-order valence-electron chi connectivity index (χ4n) is 2.13. The number of anilines is 1. The molecule has 0 aromatic carbocycles. The molecule has 3 N–H and O–H groups in total. The van der Waals surface area contributed by atoms with Gasteiger partial charge in [-0.2, -0.15) is 0 Å². The summed E-state index contributed by atoms with van der Waals surface area (Å²) in [6.07, 6.45) is 4.63. The van der Waals surface area contributed by atoms with Gasteiger partial charge in [0, 0.05) is 23.8 Å². The Balaban J connectivity index is 2.07. The minimum atomic E-state index is 0.211. The maximum absolute atomic E-state index is 6.06. The zero-order valence-corrected chi connectivity index (χ0v) is 10.2. The van der Waals surface area contributed by atoms with Crippen molar-refractivity contribution in [3.8, 4) is 0 Å². The van der Waals surface area contributed by atoms with E-state index < -0.39 is 0 Å². The lowest BCUT2D eigenvalue weighted by Crippen LogP contribution is -2.42. The van der Waals surface area contributed by atoms with E-state index >= 15 is 0 Å². The molecule has 0 bridgehead atoms. The predicted molar refractivity (Wildman–Crippen MR) is 65.6 cm³/mol. The summed E-state index contributed by atoms with van der Waals surface area (Å²) in [5, 5.41) is 3.64. The van der Waals surface area contributed by atoms with Crippen molar-refractivity contribution in [2.45, 2.75) is 44.7 Å². The second-order valence-corrected chi connectivity index (χ2v) is 4.70. The van der Waals surface area contributed by atoms with Crippen LogP contribution in [0.2, 0.25) is 5.28 Å². The van der Waals surface area contributed by atoms with Gasteiger partial charge in [-0.3, -0.25) is 0 Å². The Hall–Kier alpha value is -0.870. The molecular formula is C11H17ClN4. The quantitative estimate of drug-likeness (QED) is 0.778. The maximum atomic E-state index is 6.06. The summed E-state index contributed by atoms with van der Waals surface area (Å²) < 4.78 is 0. The molecule has 2 atom stereocenters. The molecule has 1 saturated carbocycles. The van der Waals surface area contributed by atoms with Crippen LogP contribution < -0.4 is 11.1 Å². The van der Waals surface area contributed by atoms with Gasteiger partial charge in [0.25, 0.3) is 0 Å². The van der Waals surface area contributed by atoms with Crippen LogP contribution in [0.1, 0.15) is 31.4 Å². The molecule has 0 aliphatic heterocycles. The van der Waals surface area contributed by atoms with E-state index in [9.17, 15) is 0 Å². The smallest absolute Gasteiger partial charge is 0.224 e. The lowest BCUT2D eigenvalue weighted by atomic mass is 9.91. The Morgan fingerprint density at radius 3 is 2.81 bits per heavy atom. The van der Waals surface area contributed by atoms with Crippen molar-refractivity contribution in [2.75, 3.05) is 5.32 Å². The highest BCUT2D eigenvalue weighted by Crippen LogP contribution is 2.21. The third kappa shape index (κ3) is 2.83. The minimum absolute atomic E-state index is 0.211. The third-order valence-electron chi connectivity index (χ3n) is 2.98. The molecule has 1 aliphatic carbocycles. The van der Waals surface area contributed by atoms with Gasteiger partial charge in [0.15, 0.2) is 0 Å². The van der Waals surface area contributed by atoms with E-state index in [1.54, 1.807) is 0 Å². The van der Waals surface area contributed by atoms with Crippen LogP contribution in [0.4, 0.5) is 5.82 Å². The highest BCUT2D eigenvalue weighted by Gasteiger charge is 2.21. The number of rotatable bonds is 2. The first-order valence-electron chi connectivity index (χ1n) is 5.68. The Morgan fingerprint density at radius 1 is 1.38 bits per heavy atom. The van der Waals surface area contributed by atoms with Gasteiger partial charge in [0.2, 0.25) is 5.28 Å². The number of nitrogens with zero attached hydrogens (tertiary/aromatic N) is 2. The molecule has 1 heterocycles. The van der Waals surface area contributed by atoms with Gasteiger partial charge in [-0.15, -0.1) is 0 Å². The van der Waals surface area contributed by atoms with Crippen molar-refractivity contribution in [1.82, 2.24) is 9.97 Å². The molecule has 0 amide bonds. The molecule has 5 heteroatoms. The van der Waals surface area contributed by atoms with Gasteiger partial charge in [-0.1, -0.05) is 12.8 Å². The van der Waals surface area contributed by atoms with E-state index in [2.05, 4.69) is 15.3 Å². The van der Waals surface area contributed by atoms with Crippen LogP contribution in [0.5, 0.6) is 0 Å². The van der Waals surface area contributed by atoms with Crippen molar-refractivity contribution in [1.29, 1.82) is 0 Å². The molecule has 4 nitrogen and oxygen atoms in total. The van der Waals surface area contributed by atoms with Crippen molar-refractivity contribution >= 4 is 17.4 Å².